The molecule has 3 N–H and O–H groups in total. The zero-order chi connectivity index (χ0) is 12.0. The molecule has 1 aromatic carbocycles. The number of aromatic amines is 1. The van der Waals surface area contributed by atoms with Crippen molar-refractivity contribution in [3.05, 3.63) is 35.5 Å². The van der Waals surface area contributed by atoms with Gasteiger partial charge in [-0.3, -0.25) is 4.68 Å². The molecule has 0 aliphatic heterocycles. The van der Waals surface area contributed by atoms with Crippen LogP contribution in [0.5, 0.6) is 0 Å². The normalized spacial score (nSPS) is 11.2. The lowest BCUT2D eigenvalue weighted by Crippen LogP contribution is -1.96. The molecule has 0 fully saturated rings. The molecule has 2 aromatic heterocycles. The average molecular weight is 247 g/mol. The first kappa shape index (κ1) is 10.2. The highest BCUT2D eigenvalue weighted by Crippen LogP contribution is 2.28. The Bertz CT molecular complexity index is 676. The third kappa shape index (κ3) is 1.57. The molecule has 4 nitrogen and oxygen atoms in total. The zero-order valence-corrected chi connectivity index (χ0v) is 9.99. The van der Waals surface area contributed by atoms with Gasteiger partial charge in [-0.15, -0.1) is 0 Å². The summed E-state index contributed by atoms with van der Waals surface area (Å²) in [5.74, 6) is 0.639. The predicted molar refractivity (Wildman–Crippen MR) is 69.9 cm³/mol. The second kappa shape index (κ2) is 3.53. The first-order valence-corrected chi connectivity index (χ1v) is 5.59. The summed E-state index contributed by atoms with van der Waals surface area (Å²) >= 11 is 6.09. The van der Waals surface area contributed by atoms with Gasteiger partial charge >= 0.3 is 0 Å². The number of nitrogens with zero attached hydrogens (tertiary/aromatic N) is 2. The van der Waals surface area contributed by atoms with Gasteiger partial charge in [0.1, 0.15) is 5.82 Å². The van der Waals surface area contributed by atoms with Crippen molar-refractivity contribution in [2.45, 2.75) is 0 Å². The largest absolute Gasteiger partial charge is 0.384 e. The second-order valence-corrected chi connectivity index (χ2v) is 4.38. The molecule has 0 atom stereocenters. The molecule has 0 aliphatic rings. The molecule has 17 heavy (non-hydrogen) atoms. The monoisotopic (exact) mass is 246 g/mol. The van der Waals surface area contributed by atoms with Crippen LogP contribution in [0.4, 0.5) is 5.82 Å². The lowest BCUT2D eigenvalue weighted by atomic mass is 10.1. The minimum atomic E-state index is 0.639. The minimum Gasteiger partial charge on any atom is -0.384 e. The van der Waals surface area contributed by atoms with Gasteiger partial charge in [0.2, 0.25) is 0 Å². The number of aromatic nitrogens is 3. The first-order chi connectivity index (χ1) is 8.15. The molecule has 0 spiro atoms. The van der Waals surface area contributed by atoms with Crippen molar-refractivity contribution < 1.29 is 0 Å². The minimum absolute atomic E-state index is 0.639. The fourth-order valence-electron chi connectivity index (χ4n) is 1.87. The molecule has 0 aliphatic carbocycles. The van der Waals surface area contributed by atoms with Crippen LogP contribution in [0.15, 0.2) is 30.5 Å². The fraction of sp³-hybridized carbons (Fsp3) is 0.0833. The number of halogens is 1. The Balaban J connectivity index is 2.20. The van der Waals surface area contributed by atoms with Gasteiger partial charge in [-0.05, 0) is 12.1 Å². The topological polar surface area (TPSA) is 59.6 Å². The highest BCUT2D eigenvalue weighted by Gasteiger charge is 2.07. The van der Waals surface area contributed by atoms with Crippen LogP contribution in [0.1, 0.15) is 0 Å². The van der Waals surface area contributed by atoms with E-state index in [-0.39, 0.29) is 0 Å². The van der Waals surface area contributed by atoms with E-state index in [0.717, 1.165) is 22.2 Å². The highest BCUT2D eigenvalue weighted by atomic mass is 35.5. The van der Waals surface area contributed by atoms with E-state index in [1.165, 1.54) is 0 Å². The molecule has 0 radical (unpaired) electrons. The van der Waals surface area contributed by atoms with E-state index in [2.05, 4.69) is 10.1 Å². The number of nitrogens with one attached hydrogen (secondary N) is 1. The van der Waals surface area contributed by atoms with E-state index in [4.69, 9.17) is 17.3 Å². The maximum atomic E-state index is 6.09. The van der Waals surface area contributed by atoms with E-state index >= 15 is 0 Å². The van der Waals surface area contributed by atoms with Gasteiger partial charge in [-0.25, -0.2) is 0 Å². The summed E-state index contributed by atoms with van der Waals surface area (Å²) in [6.07, 6.45) is 1.78. The molecule has 0 saturated carbocycles. The number of rotatable bonds is 1. The number of nitrogen functional groups attached to an aromatic ring is 1. The van der Waals surface area contributed by atoms with Crippen LogP contribution in [-0.4, -0.2) is 14.8 Å². The van der Waals surface area contributed by atoms with Crippen molar-refractivity contribution in [2.24, 2.45) is 7.05 Å². The third-order valence-corrected chi connectivity index (χ3v) is 3.16. The first-order valence-electron chi connectivity index (χ1n) is 5.21. The Kier molecular flexibility index (Phi) is 2.12. The van der Waals surface area contributed by atoms with Crippen molar-refractivity contribution in [3.63, 3.8) is 0 Å². The Morgan fingerprint density at radius 3 is 2.88 bits per heavy atom. The van der Waals surface area contributed by atoms with Crippen LogP contribution in [0, 0.1) is 0 Å². The van der Waals surface area contributed by atoms with Crippen LogP contribution in [0.2, 0.25) is 5.02 Å². The summed E-state index contributed by atoms with van der Waals surface area (Å²) in [6, 6.07) is 7.84. The lowest BCUT2D eigenvalue weighted by molar-refractivity contribution is 0.782. The molecule has 86 valence electrons. The van der Waals surface area contributed by atoms with E-state index in [1.807, 2.05) is 31.3 Å². The van der Waals surface area contributed by atoms with Crippen LogP contribution < -0.4 is 5.73 Å². The van der Waals surface area contributed by atoms with Crippen molar-refractivity contribution in [1.29, 1.82) is 0 Å². The van der Waals surface area contributed by atoms with Gasteiger partial charge in [0.15, 0.2) is 0 Å². The SMILES string of the molecule is Cn1nc(-c2ccc3[nH]cc(Cl)c3c2)cc1N. The number of hydrogen-bond donors (Lipinski definition) is 2. The van der Waals surface area contributed by atoms with Gasteiger partial charge in [0.25, 0.3) is 0 Å². The molecular weight excluding hydrogens is 236 g/mol. The van der Waals surface area contributed by atoms with Crippen LogP contribution in [0.25, 0.3) is 22.2 Å². The van der Waals surface area contributed by atoms with E-state index in [9.17, 15) is 0 Å². The standard InChI is InChI=1S/C12H11ClN4/c1-17-12(14)5-11(16-17)7-2-3-10-8(4-7)9(13)6-15-10/h2-6,15H,14H2,1H3. The van der Waals surface area contributed by atoms with Crippen LogP contribution >= 0.6 is 11.6 Å². The highest BCUT2D eigenvalue weighted by molar-refractivity contribution is 6.35. The summed E-state index contributed by atoms with van der Waals surface area (Å²) in [6.45, 7) is 0. The van der Waals surface area contributed by atoms with Crippen LogP contribution in [-0.2, 0) is 7.05 Å². The molecule has 5 heteroatoms. The number of fused-ring (bicyclic) bond motifs is 1. The van der Waals surface area contributed by atoms with Gasteiger partial charge in [0, 0.05) is 35.8 Å². The maximum absolute atomic E-state index is 6.09. The molecule has 0 saturated heterocycles. The number of benzene rings is 1. The van der Waals surface area contributed by atoms with E-state index < -0.39 is 0 Å². The summed E-state index contributed by atoms with van der Waals surface area (Å²) < 4.78 is 1.65. The van der Waals surface area contributed by atoms with Crippen molar-refractivity contribution in [3.8, 4) is 11.3 Å². The summed E-state index contributed by atoms with van der Waals surface area (Å²) in [4.78, 5) is 3.10. The molecule has 2 heterocycles. The Labute approximate surface area is 103 Å². The number of aryl methyl sites for hydroxylation is 1. The number of hydrogen-bond acceptors (Lipinski definition) is 2. The molecule has 3 rings (SSSR count). The summed E-state index contributed by atoms with van der Waals surface area (Å²) in [7, 11) is 1.82. The fourth-order valence-corrected chi connectivity index (χ4v) is 2.08. The third-order valence-electron chi connectivity index (χ3n) is 2.84. The van der Waals surface area contributed by atoms with E-state index in [0.29, 0.717) is 10.8 Å². The van der Waals surface area contributed by atoms with Crippen molar-refractivity contribution in [2.75, 3.05) is 5.73 Å². The molecule has 3 aromatic rings. The van der Waals surface area contributed by atoms with Gasteiger partial charge in [-0.1, -0.05) is 17.7 Å². The van der Waals surface area contributed by atoms with Gasteiger partial charge in [0.05, 0.1) is 10.7 Å². The Hall–Kier alpha value is -1.94. The van der Waals surface area contributed by atoms with Crippen molar-refractivity contribution >= 4 is 28.3 Å². The van der Waals surface area contributed by atoms with Crippen molar-refractivity contribution in [1.82, 2.24) is 14.8 Å². The van der Waals surface area contributed by atoms with Gasteiger partial charge < -0.3 is 10.7 Å². The summed E-state index contributed by atoms with van der Waals surface area (Å²) in [5, 5.41) is 6.05. The molecule has 0 amide bonds. The Morgan fingerprint density at radius 1 is 1.35 bits per heavy atom. The Morgan fingerprint density at radius 2 is 2.18 bits per heavy atom. The average Bonchev–Trinajstić information content (AvgIpc) is 2.84. The quantitative estimate of drug-likeness (QED) is 0.694. The molecule has 0 bridgehead atoms. The molecular formula is C12H11ClN4. The number of anilines is 1. The van der Waals surface area contributed by atoms with Gasteiger partial charge in [-0.2, -0.15) is 5.10 Å². The molecule has 0 unspecified atom stereocenters. The van der Waals surface area contributed by atoms with Crippen LogP contribution in [0.3, 0.4) is 0 Å². The smallest absolute Gasteiger partial charge is 0.121 e. The summed E-state index contributed by atoms with van der Waals surface area (Å²) in [5.41, 5.74) is 8.64. The maximum Gasteiger partial charge on any atom is 0.121 e. The second-order valence-electron chi connectivity index (χ2n) is 3.98. The predicted octanol–water partition coefficient (Wildman–Crippen LogP) is 2.80. The zero-order valence-electron chi connectivity index (χ0n) is 9.24. The lowest BCUT2D eigenvalue weighted by Gasteiger charge is -1.97. The number of H-pyrrole nitrogens is 1. The number of nitrogens with two attached hydrogens (primary N) is 1. The van der Waals surface area contributed by atoms with E-state index in [1.54, 1.807) is 10.9 Å².